The van der Waals surface area contributed by atoms with Crippen molar-refractivity contribution < 1.29 is 0 Å². The molecule has 0 atom stereocenters. The molecule has 21 heavy (non-hydrogen) atoms. The zero-order chi connectivity index (χ0) is 14.8. The zero-order valence-electron chi connectivity index (χ0n) is 12.8. The highest BCUT2D eigenvalue weighted by Crippen LogP contribution is 2.37. The van der Waals surface area contributed by atoms with Gasteiger partial charge in [-0.3, -0.25) is 0 Å². The molecule has 0 spiro atoms. The molecule has 0 bridgehead atoms. The summed E-state index contributed by atoms with van der Waals surface area (Å²) in [4.78, 5) is 6.90. The molecule has 1 aliphatic carbocycles. The third-order valence-corrected chi connectivity index (χ3v) is 4.49. The van der Waals surface area contributed by atoms with Crippen LogP contribution in [0.15, 0.2) is 18.3 Å². The van der Waals surface area contributed by atoms with Gasteiger partial charge in [0, 0.05) is 44.3 Å². The Bertz CT molecular complexity index is 657. The van der Waals surface area contributed by atoms with Crippen LogP contribution in [0.1, 0.15) is 43.7 Å². The Labute approximate surface area is 126 Å². The number of terminal acetylenes is 1. The monoisotopic (exact) mass is 282 g/mol. The number of anilines is 1. The lowest BCUT2D eigenvalue weighted by Gasteiger charge is -2.27. The quantitative estimate of drug-likeness (QED) is 0.811. The summed E-state index contributed by atoms with van der Waals surface area (Å²) in [6, 6.07) is 4.16. The first-order chi connectivity index (χ1) is 10.2. The molecule has 0 amide bonds. The average molecular weight is 282 g/mol. The van der Waals surface area contributed by atoms with E-state index in [0.717, 1.165) is 17.9 Å². The van der Waals surface area contributed by atoms with E-state index >= 15 is 0 Å². The number of hydrogen-bond acceptors (Lipinski definition) is 3. The summed E-state index contributed by atoms with van der Waals surface area (Å²) in [5, 5.41) is 4.35. The highest BCUT2D eigenvalue weighted by atomic mass is 15.3. The molecule has 0 aliphatic heterocycles. The first kappa shape index (κ1) is 13.9. The van der Waals surface area contributed by atoms with E-state index < -0.39 is 0 Å². The Morgan fingerprint density at radius 3 is 2.76 bits per heavy atom. The highest BCUT2D eigenvalue weighted by molar-refractivity contribution is 5.50. The van der Waals surface area contributed by atoms with Crippen molar-refractivity contribution in [2.24, 2.45) is 5.92 Å². The van der Waals surface area contributed by atoms with Crippen LogP contribution in [0.5, 0.6) is 0 Å². The molecule has 0 aromatic carbocycles. The molecule has 1 aliphatic rings. The second-order valence-electron chi connectivity index (χ2n) is 6.16. The molecule has 2 heterocycles. The topological polar surface area (TPSA) is 33.4 Å². The minimum Gasteiger partial charge on any atom is -0.363 e. The van der Waals surface area contributed by atoms with Crippen LogP contribution in [-0.2, 0) is 0 Å². The molecule has 2 aromatic heterocycles. The molecular formula is C17H22N4. The van der Waals surface area contributed by atoms with Crippen molar-refractivity contribution in [3.63, 3.8) is 0 Å². The fourth-order valence-electron chi connectivity index (χ4n) is 3.27. The van der Waals surface area contributed by atoms with E-state index in [1.54, 1.807) is 0 Å². The molecule has 110 valence electrons. The van der Waals surface area contributed by atoms with Crippen molar-refractivity contribution in [3.8, 4) is 12.3 Å². The number of nitrogens with zero attached hydrogens (tertiary/aromatic N) is 4. The lowest BCUT2D eigenvalue weighted by Crippen LogP contribution is -2.18. The standard InChI is InChI=1S/C17H22N4/c1-4-5-13-6-8-14(9-7-13)15-12-17(20(2)3)21-16(19-15)10-11-18-21/h1,10-14H,5-9H2,2-3H3. The molecule has 1 fully saturated rings. The summed E-state index contributed by atoms with van der Waals surface area (Å²) in [7, 11) is 4.09. The van der Waals surface area contributed by atoms with Crippen molar-refractivity contribution in [2.45, 2.75) is 38.0 Å². The van der Waals surface area contributed by atoms with Gasteiger partial charge in [0.1, 0.15) is 5.82 Å². The highest BCUT2D eigenvalue weighted by Gasteiger charge is 2.24. The molecule has 4 heteroatoms. The molecule has 4 nitrogen and oxygen atoms in total. The van der Waals surface area contributed by atoms with Crippen LogP contribution < -0.4 is 4.90 Å². The molecule has 3 rings (SSSR count). The van der Waals surface area contributed by atoms with Gasteiger partial charge in [-0.05, 0) is 31.6 Å². The molecule has 0 radical (unpaired) electrons. The van der Waals surface area contributed by atoms with Crippen LogP contribution in [0.25, 0.3) is 5.65 Å². The maximum Gasteiger partial charge on any atom is 0.157 e. The van der Waals surface area contributed by atoms with Crippen molar-refractivity contribution in [1.29, 1.82) is 0 Å². The fraction of sp³-hybridized carbons (Fsp3) is 0.529. The normalized spacial score (nSPS) is 22.1. The van der Waals surface area contributed by atoms with E-state index in [-0.39, 0.29) is 0 Å². The van der Waals surface area contributed by atoms with Crippen molar-refractivity contribution in [2.75, 3.05) is 19.0 Å². The van der Waals surface area contributed by atoms with Gasteiger partial charge in [0.15, 0.2) is 5.65 Å². The van der Waals surface area contributed by atoms with Crippen LogP contribution in [0.4, 0.5) is 5.82 Å². The van der Waals surface area contributed by atoms with Crippen molar-refractivity contribution in [3.05, 3.63) is 24.0 Å². The van der Waals surface area contributed by atoms with Crippen molar-refractivity contribution in [1.82, 2.24) is 14.6 Å². The van der Waals surface area contributed by atoms with Gasteiger partial charge in [-0.1, -0.05) is 0 Å². The molecule has 1 saturated carbocycles. The van der Waals surface area contributed by atoms with Crippen LogP contribution in [0, 0.1) is 18.3 Å². The van der Waals surface area contributed by atoms with Crippen molar-refractivity contribution >= 4 is 11.5 Å². The number of rotatable bonds is 3. The molecule has 0 saturated heterocycles. The van der Waals surface area contributed by atoms with Gasteiger partial charge in [0.05, 0.1) is 6.20 Å². The molecule has 2 aromatic rings. The summed E-state index contributed by atoms with van der Waals surface area (Å²) in [5.41, 5.74) is 2.13. The van der Waals surface area contributed by atoms with E-state index in [1.807, 2.05) is 30.9 Å². The summed E-state index contributed by atoms with van der Waals surface area (Å²) in [5.74, 6) is 5.15. The van der Waals surface area contributed by atoms with Crippen LogP contribution >= 0.6 is 0 Å². The second kappa shape index (κ2) is 5.77. The third-order valence-electron chi connectivity index (χ3n) is 4.49. The average Bonchev–Trinajstić information content (AvgIpc) is 2.95. The largest absolute Gasteiger partial charge is 0.363 e. The molecule has 0 N–H and O–H groups in total. The van der Waals surface area contributed by atoms with E-state index in [2.05, 4.69) is 22.0 Å². The Morgan fingerprint density at radius 2 is 2.10 bits per heavy atom. The second-order valence-corrected chi connectivity index (χ2v) is 6.16. The predicted molar refractivity (Wildman–Crippen MR) is 85.5 cm³/mol. The van der Waals surface area contributed by atoms with Gasteiger partial charge in [-0.25, -0.2) is 4.98 Å². The number of aromatic nitrogens is 3. The van der Waals surface area contributed by atoms with E-state index in [0.29, 0.717) is 11.8 Å². The Kier molecular flexibility index (Phi) is 3.83. The minimum absolute atomic E-state index is 0.553. The minimum atomic E-state index is 0.553. The Hall–Kier alpha value is -2.02. The lowest BCUT2D eigenvalue weighted by atomic mass is 9.79. The summed E-state index contributed by atoms with van der Waals surface area (Å²) >= 11 is 0. The maximum absolute atomic E-state index is 5.43. The van der Waals surface area contributed by atoms with Gasteiger partial charge < -0.3 is 4.90 Å². The summed E-state index contributed by atoms with van der Waals surface area (Å²) in [6.07, 6.45) is 13.0. The first-order valence-electron chi connectivity index (χ1n) is 7.64. The Morgan fingerprint density at radius 1 is 1.33 bits per heavy atom. The first-order valence-corrected chi connectivity index (χ1v) is 7.64. The van der Waals surface area contributed by atoms with E-state index in [4.69, 9.17) is 11.4 Å². The lowest BCUT2D eigenvalue weighted by molar-refractivity contribution is 0.328. The summed E-state index contributed by atoms with van der Waals surface area (Å²) < 4.78 is 1.90. The van der Waals surface area contributed by atoms with E-state index in [9.17, 15) is 0 Å². The number of fused-ring (bicyclic) bond motifs is 1. The van der Waals surface area contributed by atoms with Crippen LogP contribution in [0.3, 0.4) is 0 Å². The zero-order valence-corrected chi connectivity index (χ0v) is 12.8. The SMILES string of the molecule is C#CCC1CCC(c2cc(N(C)C)n3nccc3n2)CC1. The molecule has 0 unspecified atom stereocenters. The third kappa shape index (κ3) is 2.73. The van der Waals surface area contributed by atoms with E-state index in [1.165, 1.54) is 31.4 Å². The van der Waals surface area contributed by atoms with Gasteiger partial charge >= 0.3 is 0 Å². The maximum atomic E-state index is 5.43. The van der Waals surface area contributed by atoms with Crippen LogP contribution in [-0.4, -0.2) is 28.7 Å². The van der Waals surface area contributed by atoms with Gasteiger partial charge in [-0.2, -0.15) is 9.61 Å². The number of hydrogen-bond donors (Lipinski definition) is 0. The van der Waals surface area contributed by atoms with Gasteiger partial charge in [0.25, 0.3) is 0 Å². The van der Waals surface area contributed by atoms with Gasteiger partial charge in [-0.15, -0.1) is 12.3 Å². The van der Waals surface area contributed by atoms with Crippen LogP contribution in [0.2, 0.25) is 0 Å². The van der Waals surface area contributed by atoms with Gasteiger partial charge in [0.2, 0.25) is 0 Å². The smallest absolute Gasteiger partial charge is 0.157 e. The fourth-order valence-corrected chi connectivity index (χ4v) is 3.27. The summed E-state index contributed by atoms with van der Waals surface area (Å²) in [6.45, 7) is 0. The Balaban J connectivity index is 1.86. The predicted octanol–water partition coefficient (Wildman–Crippen LogP) is 3.09. The molecular weight excluding hydrogens is 260 g/mol.